The third-order valence-electron chi connectivity index (χ3n) is 4.02. The quantitative estimate of drug-likeness (QED) is 0.634. The van der Waals surface area contributed by atoms with Crippen LogP contribution in [-0.4, -0.2) is 19.2 Å². The molecule has 3 rings (SSSR count). The monoisotopic (exact) mass is 360 g/mol. The van der Waals surface area contributed by atoms with Gasteiger partial charge < -0.3 is 14.8 Å². The van der Waals surface area contributed by atoms with Gasteiger partial charge in [0.25, 0.3) is 0 Å². The van der Waals surface area contributed by atoms with Crippen molar-refractivity contribution in [2.24, 2.45) is 0 Å². The van der Waals surface area contributed by atoms with E-state index < -0.39 is 0 Å². The summed E-state index contributed by atoms with van der Waals surface area (Å²) in [5.74, 6) is 0.934. The summed E-state index contributed by atoms with van der Waals surface area (Å²) in [7, 11) is 3.16. The highest BCUT2D eigenvalue weighted by Gasteiger charge is 2.14. The Hall–Kier alpha value is -2.53. The topological polar surface area (TPSA) is 43.4 Å². The van der Waals surface area contributed by atoms with E-state index in [2.05, 4.69) is 10.3 Å². The average molecular weight is 361 g/mol. The van der Waals surface area contributed by atoms with Crippen molar-refractivity contribution >= 4 is 28.2 Å². The number of anilines is 1. The smallest absolute Gasteiger partial charge is 0.162 e. The van der Waals surface area contributed by atoms with Crippen LogP contribution in [0.5, 0.6) is 11.5 Å². The lowest BCUT2D eigenvalue weighted by atomic mass is 10.1. The minimum Gasteiger partial charge on any atom is -0.493 e. The molecule has 2 aromatic carbocycles. The summed E-state index contributed by atoms with van der Waals surface area (Å²) in [6, 6.07) is 11.7. The zero-order valence-corrected chi connectivity index (χ0v) is 14.9. The SMILES string of the molecule is COc1cc2nc(Cl)cc(NC(C)c3ccc(F)cc3)c2cc1OC. The van der Waals surface area contributed by atoms with Crippen molar-refractivity contribution in [1.82, 2.24) is 4.98 Å². The normalized spacial score (nSPS) is 12.0. The number of halogens is 2. The number of hydrogen-bond donors (Lipinski definition) is 1. The molecular formula is C19H18ClFN2O2. The van der Waals surface area contributed by atoms with Crippen molar-refractivity contribution in [3.8, 4) is 11.5 Å². The zero-order chi connectivity index (χ0) is 18.0. The van der Waals surface area contributed by atoms with E-state index in [1.54, 1.807) is 38.5 Å². The molecule has 0 saturated carbocycles. The minimum atomic E-state index is -0.259. The molecule has 25 heavy (non-hydrogen) atoms. The molecule has 0 aliphatic carbocycles. The third-order valence-corrected chi connectivity index (χ3v) is 4.22. The van der Waals surface area contributed by atoms with Gasteiger partial charge in [-0.2, -0.15) is 0 Å². The van der Waals surface area contributed by atoms with Gasteiger partial charge >= 0.3 is 0 Å². The first kappa shape index (κ1) is 17.3. The lowest BCUT2D eigenvalue weighted by molar-refractivity contribution is 0.356. The number of pyridine rings is 1. The number of methoxy groups -OCH3 is 2. The number of benzene rings is 2. The summed E-state index contributed by atoms with van der Waals surface area (Å²) in [5, 5.41) is 4.63. The maximum absolute atomic E-state index is 13.1. The maximum Gasteiger partial charge on any atom is 0.162 e. The summed E-state index contributed by atoms with van der Waals surface area (Å²) < 4.78 is 23.8. The van der Waals surface area contributed by atoms with Gasteiger partial charge in [0, 0.05) is 23.2 Å². The number of rotatable bonds is 5. The Morgan fingerprint density at radius 2 is 1.68 bits per heavy atom. The lowest BCUT2D eigenvalue weighted by Gasteiger charge is -2.18. The standard InChI is InChI=1S/C19H18ClFN2O2/c1-11(12-4-6-13(21)7-5-12)22-16-10-19(20)23-15-9-18(25-3)17(24-2)8-14(15)16/h4-11H,1-3H3,(H,22,23). The Labute approximate surface area is 150 Å². The van der Waals surface area contributed by atoms with Crippen LogP contribution in [0.2, 0.25) is 5.15 Å². The fourth-order valence-corrected chi connectivity index (χ4v) is 2.91. The van der Waals surface area contributed by atoms with Crippen LogP contribution in [0.1, 0.15) is 18.5 Å². The van der Waals surface area contributed by atoms with Gasteiger partial charge in [-0.3, -0.25) is 0 Å². The molecule has 0 aliphatic heterocycles. The van der Waals surface area contributed by atoms with Crippen LogP contribution < -0.4 is 14.8 Å². The molecule has 0 amide bonds. The van der Waals surface area contributed by atoms with E-state index in [4.69, 9.17) is 21.1 Å². The maximum atomic E-state index is 13.1. The fourth-order valence-electron chi connectivity index (χ4n) is 2.71. The van der Waals surface area contributed by atoms with Gasteiger partial charge in [-0.25, -0.2) is 9.37 Å². The molecule has 4 nitrogen and oxygen atoms in total. The second-order valence-corrected chi connectivity index (χ2v) is 6.02. The molecule has 0 fully saturated rings. The number of hydrogen-bond acceptors (Lipinski definition) is 4. The van der Waals surface area contributed by atoms with Gasteiger partial charge in [-0.15, -0.1) is 0 Å². The predicted octanol–water partition coefficient (Wildman–Crippen LogP) is 5.22. The van der Waals surface area contributed by atoms with Gasteiger partial charge in [0.1, 0.15) is 11.0 Å². The van der Waals surface area contributed by atoms with Crippen LogP contribution in [0.15, 0.2) is 42.5 Å². The molecule has 0 aliphatic rings. The number of nitrogens with one attached hydrogen (secondary N) is 1. The summed E-state index contributed by atoms with van der Waals surface area (Å²) >= 11 is 6.17. The number of aromatic nitrogens is 1. The number of ether oxygens (including phenoxy) is 2. The van der Waals surface area contributed by atoms with E-state index in [0.29, 0.717) is 22.2 Å². The summed E-state index contributed by atoms with van der Waals surface area (Å²) in [6.45, 7) is 1.99. The highest BCUT2D eigenvalue weighted by Crippen LogP contribution is 2.36. The van der Waals surface area contributed by atoms with Gasteiger partial charge in [0.05, 0.1) is 19.7 Å². The van der Waals surface area contributed by atoms with E-state index in [9.17, 15) is 4.39 Å². The van der Waals surface area contributed by atoms with Crippen molar-refractivity contribution in [3.05, 3.63) is 59.0 Å². The summed E-state index contributed by atoms with van der Waals surface area (Å²) in [5.41, 5.74) is 2.47. The molecule has 1 heterocycles. The highest BCUT2D eigenvalue weighted by molar-refractivity contribution is 6.30. The first-order valence-electron chi connectivity index (χ1n) is 7.76. The first-order valence-corrected chi connectivity index (χ1v) is 8.14. The average Bonchev–Trinajstić information content (AvgIpc) is 2.61. The lowest BCUT2D eigenvalue weighted by Crippen LogP contribution is -2.07. The van der Waals surface area contributed by atoms with Crippen molar-refractivity contribution in [3.63, 3.8) is 0 Å². The van der Waals surface area contributed by atoms with E-state index in [1.807, 2.05) is 13.0 Å². The van der Waals surface area contributed by atoms with E-state index in [1.165, 1.54) is 12.1 Å². The second-order valence-electron chi connectivity index (χ2n) is 5.63. The molecule has 1 aromatic heterocycles. The Kier molecular flexibility index (Phi) is 4.95. The zero-order valence-electron chi connectivity index (χ0n) is 14.1. The largest absolute Gasteiger partial charge is 0.493 e. The summed E-state index contributed by atoms with van der Waals surface area (Å²) in [4.78, 5) is 4.35. The van der Waals surface area contributed by atoms with Gasteiger partial charge in [0.15, 0.2) is 11.5 Å². The molecule has 1 N–H and O–H groups in total. The molecule has 0 saturated heterocycles. The summed E-state index contributed by atoms with van der Waals surface area (Å²) in [6.07, 6.45) is 0. The molecule has 1 unspecified atom stereocenters. The fraction of sp³-hybridized carbons (Fsp3) is 0.211. The van der Waals surface area contributed by atoms with E-state index in [0.717, 1.165) is 16.6 Å². The Morgan fingerprint density at radius 3 is 2.32 bits per heavy atom. The third kappa shape index (κ3) is 3.61. The first-order chi connectivity index (χ1) is 12.0. The molecule has 1 atom stereocenters. The molecule has 6 heteroatoms. The van der Waals surface area contributed by atoms with Crippen LogP contribution in [0, 0.1) is 5.82 Å². The highest BCUT2D eigenvalue weighted by atomic mass is 35.5. The second kappa shape index (κ2) is 7.15. The van der Waals surface area contributed by atoms with E-state index >= 15 is 0 Å². The van der Waals surface area contributed by atoms with Crippen molar-refractivity contribution in [1.29, 1.82) is 0 Å². The van der Waals surface area contributed by atoms with Crippen molar-refractivity contribution in [2.45, 2.75) is 13.0 Å². The van der Waals surface area contributed by atoms with Crippen LogP contribution >= 0.6 is 11.6 Å². The molecule has 0 spiro atoms. The molecule has 0 bridgehead atoms. The molecule has 130 valence electrons. The molecule has 3 aromatic rings. The minimum absolute atomic E-state index is 0.0460. The van der Waals surface area contributed by atoms with Crippen molar-refractivity contribution in [2.75, 3.05) is 19.5 Å². The number of nitrogens with zero attached hydrogens (tertiary/aromatic N) is 1. The Bertz CT molecular complexity index is 900. The van der Waals surface area contributed by atoms with Crippen LogP contribution in [0.3, 0.4) is 0 Å². The Balaban J connectivity index is 2.03. The van der Waals surface area contributed by atoms with Crippen LogP contribution in [0.4, 0.5) is 10.1 Å². The molecule has 0 radical (unpaired) electrons. The van der Waals surface area contributed by atoms with Gasteiger partial charge in [-0.1, -0.05) is 23.7 Å². The Morgan fingerprint density at radius 1 is 1.04 bits per heavy atom. The van der Waals surface area contributed by atoms with Gasteiger partial charge in [-0.05, 0) is 36.8 Å². The van der Waals surface area contributed by atoms with Gasteiger partial charge in [0.2, 0.25) is 0 Å². The molecular weight excluding hydrogens is 343 g/mol. The van der Waals surface area contributed by atoms with Crippen LogP contribution in [0.25, 0.3) is 10.9 Å². The predicted molar refractivity (Wildman–Crippen MR) is 98.3 cm³/mol. The van der Waals surface area contributed by atoms with E-state index in [-0.39, 0.29) is 11.9 Å². The van der Waals surface area contributed by atoms with Crippen LogP contribution in [-0.2, 0) is 0 Å². The number of fused-ring (bicyclic) bond motifs is 1. The van der Waals surface area contributed by atoms with Crippen molar-refractivity contribution < 1.29 is 13.9 Å².